The molecule has 0 aromatic rings. The molecule has 0 saturated heterocycles. The number of likely N-dealkylation sites (N-methyl/N-ethyl adjacent to an activating group) is 1. The zero-order valence-corrected chi connectivity index (χ0v) is 26.7. The predicted octanol–water partition coefficient (Wildman–Crippen LogP) is 4.29. The molecule has 1 rings (SSSR count). The van der Waals surface area contributed by atoms with Crippen molar-refractivity contribution >= 4 is 25.5 Å². The van der Waals surface area contributed by atoms with Crippen LogP contribution in [0, 0.1) is 11.8 Å². The number of allylic oxidation sites excluding steroid dienone is 5. The largest absolute Gasteiger partial charge is 0.472 e. The van der Waals surface area contributed by atoms with Gasteiger partial charge in [-0.1, -0.05) is 56.6 Å². The zero-order chi connectivity index (χ0) is 31.6. The topological polar surface area (TPSA) is 146 Å². The van der Waals surface area contributed by atoms with Gasteiger partial charge in [-0.15, -0.1) is 0 Å². The smallest absolute Gasteiger partial charge is 0.462 e. The Kier molecular flexibility index (Phi) is 18.0. The molecule has 0 fully saturated rings. The first-order chi connectivity index (χ1) is 19.7. The number of unbranched alkanes of at least 4 members (excludes halogenated alkanes) is 3. The number of phosphoric ester groups is 1. The fraction of sp³-hybridized carbons (Fsp3) is 0.700. The van der Waals surface area contributed by atoms with Gasteiger partial charge in [0.05, 0.1) is 33.9 Å². The monoisotopic (exact) mass is 616 g/mol. The van der Waals surface area contributed by atoms with Gasteiger partial charge < -0.3 is 24.0 Å². The highest BCUT2D eigenvalue weighted by molar-refractivity contribution is 7.47. The van der Waals surface area contributed by atoms with Gasteiger partial charge in [0.15, 0.2) is 11.9 Å². The second-order valence-electron chi connectivity index (χ2n) is 11.5. The van der Waals surface area contributed by atoms with E-state index >= 15 is 0 Å². The van der Waals surface area contributed by atoms with Crippen LogP contribution in [-0.4, -0.2) is 91.9 Å². The molecule has 42 heavy (non-hydrogen) atoms. The molecule has 12 heteroatoms. The second-order valence-corrected chi connectivity index (χ2v) is 13.0. The number of hydrogen-bond acceptors (Lipinski definition) is 9. The van der Waals surface area contributed by atoms with Crippen LogP contribution in [-0.2, 0) is 37.5 Å². The number of rotatable bonds is 22. The summed E-state index contributed by atoms with van der Waals surface area (Å²) in [6.45, 7) is 2.97. The highest BCUT2D eigenvalue weighted by Gasteiger charge is 2.28. The zero-order valence-electron chi connectivity index (χ0n) is 25.8. The van der Waals surface area contributed by atoms with Crippen LogP contribution >= 0.6 is 7.82 Å². The van der Waals surface area contributed by atoms with Crippen LogP contribution in [0.4, 0.5) is 0 Å². The molecule has 0 radical (unpaired) electrons. The Morgan fingerprint density at radius 2 is 1.86 bits per heavy atom. The van der Waals surface area contributed by atoms with E-state index in [1.165, 1.54) is 6.92 Å². The number of ketones is 1. The van der Waals surface area contributed by atoms with Crippen LogP contribution in [0.15, 0.2) is 36.5 Å². The molecule has 0 saturated carbocycles. The van der Waals surface area contributed by atoms with Crippen molar-refractivity contribution in [3.63, 3.8) is 0 Å². The first-order valence-corrected chi connectivity index (χ1v) is 16.2. The maximum Gasteiger partial charge on any atom is 0.472 e. The summed E-state index contributed by atoms with van der Waals surface area (Å²) in [6, 6.07) is 0. The molecule has 11 nitrogen and oxygen atoms in total. The van der Waals surface area contributed by atoms with Crippen LogP contribution in [0.25, 0.3) is 0 Å². The fourth-order valence-corrected chi connectivity index (χ4v) is 4.80. The quantitative estimate of drug-likeness (QED) is 0.0594. The second kappa shape index (κ2) is 19.9. The molecule has 0 aromatic heterocycles. The van der Waals surface area contributed by atoms with Crippen LogP contribution in [0.2, 0.25) is 0 Å². The summed E-state index contributed by atoms with van der Waals surface area (Å²) in [5.41, 5.74) is 0. The van der Waals surface area contributed by atoms with E-state index in [-0.39, 0.29) is 37.3 Å². The van der Waals surface area contributed by atoms with Crippen LogP contribution in [0.1, 0.15) is 65.2 Å². The molecule has 240 valence electrons. The molecule has 0 spiro atoms. The lowest BCUT2D eigenvalue weighted by Crippen LogP contribution is -2.37. The van der Waals surface area contributed by atoms with Crippen LogP contribution in [0.3, 0.4) is 0 Å². The van der Waals surface area contributed by atoms with Gasteiger partial charge in [0.1, 0.15) is 19.8 Å². The van der Waals surface area contributed by atoms with E-state index in [4.69, 9.17) is 18.5 Å². The summed E-state index contributed by atoms with van der Waals surface area (Å²) in [4.78, 5) is 45.7. The molecule has 0 heterocycles. The minimum absolute atomic E-state index is 0.00458. The number of ether oxygens (including phenoxy) is 2. The molecule has 1 aliphatic rings. The number of nitrogens with zero attached hydrogens (tertiary/aromatic N) is 1. The Hall–Kier alpha value is -2.14. The fourth-order valence-electron chi connectivity index (χ4n) is 4.06. The van der Waals surface area contributed by atoms with E-state index in [0.29, 0.717) is 36.7 Å². The highest BCUT2D eigenvalue weighted by atomic mass is 31.2. The van der Waals surface area contributed by atoms with Crippen LogP contribution in [0.5, 0.6) is 0 Å². The number of aliphatic hydroxyl groups is 1. The number of quaternary nitrogens is 1. The normalized spacial score (nSPS) is 20.2. The number of hydrogen-bond donors (Lipinski definition) is 2. The average Bonchev–Trinajstić information content (AvgIpc) is 3.24. The predicted molar refractivity (Wildman–Crippen MR) is 159 cm³/mol. The van der Waals surface area contributed by atoms with Crippen molar-refractivity contribution in [3.8, 4) is 0 Å². The molecular formula is C30H51NO10P+. The molecule has 0 aliphatic heterocycles. The third-order valence-corrected chi connectivity index (χ3v) is 7.46. The van der Waals surface area contributed by atoms with Crippen molar-refractivity contribution in [2.75, 3.05) is 47.5 Å². The summed E-state index contributed by atoms with van der Waals surface area (Å²) in [5, 5.41) is 10.1. The lowest BCUT2D eigenvalue weighted by atomic mass is 9.90. The molecule has 0 bridgehead atoms. The van der Waals surface area contributed by atoms with E-state index in [9.17, 15) is 28.9 Å². The molecule has 5 atom stereocenters. The van der Waals surface area contributed by atoms with Gasteiger partial charge in [0.25, 0.3) is 0 Å². The minimum Gasteiger partial charge on any atom is -0.462 e. The Morgan fingerprint density at radius 3 is 2.52 bits per heavy atom. The minimum atomic E-state index is -4.37. The van der Waals surface area contributed by atoms with E-state index < -0.39 is 38.6 Å². The lowest BCUT2D eigenvalue weighted by molar-refractivity contribution is -0.870. The number of aliphatic hydroxyl groups excluding tert-OH is 1. The van der Waals surface area contributed by atoms with Crippen molar-refractivity contribution < 1.29 is 52.0 Å². The first kappa shape index (κ1) is 37.9. The van der Waals surface area contributed by atoms with Crippen LogP contribution < -0.4 is 0 Å². The Morgan fingerprint density at radius 1 is 1.12 bits per heavy atom. The van der Waals surface area contributed by atoms with Gasteiger partial charge in [-0.25, -0.2) is 4.57 Å². The number of carbonyl (C=O) groups excluding carboxylic acids is 3. The molecule has 0 amide bonds. The van der Waals surface area contributed by atoms with E-state index in [2.05, 4.69) is 6.92 Å². The number of phosphoric acid groups is 1. The summed E-state index contributed by atoms with van der Waals surface area (Å²) < 4.78 is 32.7. The van der Waals surface area contributed by atoms with E-state index in [1.807, 2.05) is 45.4 Å². The molecule has 0 aromatic carbocycles. The Labute approximate surface area is 250 Å². The summed E-state index contributed by atoms with van der Waals surface area (Å²) in [5.74, 6) is -1.34. The molecular weight excluding hydrogens is 565 g/mol. The standard InChI is InChI=1S/C30H50NO10P/c1-6-7-10-14-26(33)17-18-28-25(16-19-29(28)34)13-11-8-9-12-15-30(35)38-22-27(41-24(2)32)23-40-42(36,37)39-21-20-31(3,4)5/h8,11,16-19,25-28,33H,6-7,9-10,12-15,20-23H2,1-5H3/p+1/b11-8-,18-17+/t25-,26-,27+,28+/m0/s1. The van der Waals surface area contributed by atoms with Gasteiger partial charge in [-0.3, -0.25) is 23.4 Å². The highest BCUT2D eigenvalue weighted by Crippen LogP contribution is 2.43. The van der Waals surface area contributed by atoms with Crippen molar-refractivity contribution in [3.05, 3.63) is 36.5 Å². The van der Waals surface area contributed by atoms with Crippen molar-refractivity contribution in [2.24, 2.45) is 11.8 Å². The van der Waals surface area contributed by atoms with E-state index in [0.717, 1.165) is 19.3 Å². The van der Waals surface area contributed by atoms with Gasteiger partial charge in [-0.2, -0.15) is 0 Å². The maximum atomic E-state index is 12.2. The lowest BCUT2D eigenvalue weighted by Gasteiger charge is -2.24. The number of esters is 2. The molecule has 2 N–H and O–H groups in total. The van der Waals surface area contributed by atoms with E-state index in [1.54, 1.807) is 12.2 Å². The third kappa shape index (κ3) is 18.4. The summed E-state index contributed by atoms with van der Waals surface area (Å²) in [6.07, 6.45) is 15.2. The SMILES string of the molecule is CCCCC[C@H](O)/C=C/[C@H]1C(=O)C=C[C@@H]1C/C=C\CCCC(=O)OC[C@H](COP(=O)(O)OCC[N+](C)(C)C)OC(C)=O. The van der Waals surface area contributed by atoms with Gasteiger partial charge in [-0.05, 0) is 37.7 Å². The van der Waals surface area contributed by atoms with Crippen molar-refractivity contribution in [1.29, 1.82) is 0 Å². The van der Waals surface area contributed by atoms with Gasteiger partial charge in [0.2, 0.25) is 0 Å². The Bertz CT molecular complexity index is 972. The van der Waals surface area contributed by atoms with Crippen molar-refractivity contribution in [1.82, 2.24) is 0 Å². The maximum absolute atomic E-state index is 12.2. The third-order valence-electron chi connectivity index (χ3n) is 6.47. The Balaban J connectivity index is 2.38. The first-order valence-electron chi connectivity index (χ1n) is 14.7. The van der Waals surface area contributed by atoms with Crippen molar-refractivity contribution in [2.45, 2.75) is 77.4 Å². The molecule has 1 unspecified atom stereocenters. The number of carbonyl (C=O) groups is 3. The average molecular weight is 617 g/mol. The molecule has 1 aliphatic carbocycles. The van der Waals surface area contributed by atoms with Gasteiger partial charge in [0, 0.05) is 19.3 Å². The summed E-state index contributed by atoms with van der Waals surface area (Å²) >= 11 is 0. The summed E-state index contributed by atoms with van der Waals surface area (Å²) in [7, 11) is 1.35. The van der Waals surface area contributed by atoms with Gasteiger partial charge >= 0.3 is 19.8 Å².